The van der Waals surface area contributed by atoms with E-state index in [4.69, 9.17) is 5.73 Å². The number of aromatic nitrogens is 3. The van der Waals surface area contributed by atoms with E-state index in [0.29, 0.717) is 11.3 Å². The minimum Gasteiger partial charge on any atom is -0.397 e. The Hall–Kier alpha value is -1.78. The van der Waals surface area contributed by atoms with E-state index in [-0.39, 0.29) is 11.7 Å². The van der Waals surface area contributed by atoms with Crippen molar-refractivity contribution in [3.63, 3.8) is 0 Å². The third kappa shape index (κ3) is 1.71. The number of H-pyrrole nitrogens is 1. The van der Waals surface area contributed by atoms with Crippen molar-refractivity contribution >= 4 is 16.9 Å². The van der Waals surface area contributed by atoms with Gasteiger partial charge in [-0.1, -0.05) is 13.8 Å². The van der Waals surface area contributed by atoms with Crippen LogP contribution in [0, 0.1) is 6.92 Å². The van der Waals surface area contributed by atoms with Crippen LogP contribution in [0.5, 0.6) is 0 Å². The number of fused-ring (bicyclic) bond motifs is 1. The Kier molecular flexibility index (Phi) is 2.92. The summed E-state index contributed by atoms with van der Waals surface area (Å²) in [5.41, 5.74) is 8.75. The minimum absolute atomic E-state index is 0.102. The maximum atomic E-state index is 12.0. The van der Waals surface area contributed by atoms with Crippen LogP contribution in [-0.4, -0.2) is 14.5 Å². The van der Waals surface area contributed by atoms with Gasteiger partial charge in [-0.15, -0.1) is 0 Å². The van der Waals surface area contributed by atoms with Crippen molar-refractivity contribution in [2.75, 3.05) is 5.73 Å². The van der Waals surface area contributed by atoms with Crippen LogP contribution in [0.3, 0.4) is 0 Å². The number of aryl methyl sites for hydroxylation is 1. The molecular formula is C12H18N4O. The van der Waals surface area contributed by atoms with E-state index in [0.717, 1.165) is 23.9 Å². The van der Waals surface area contributed by atoms with Crippen LogP contribution in [0.4, 0.5) is 5.69 Å². The molecular weight excluding hydrogens is 216 g/mol. The van der Waals surface area contributed by atoms with Gasteiger partial charge in [0.2, 0.25) is 0 Å². The number of nitrogens with one attached hydrogen (secondary N) is 1. The molecule has 0 saturated carbocycles. The summed E-state index contributed by atoms with van der Waals surface area (Å²) in [5, 5.41) is 0. The average Bonchev–Trinajstić information content (AvgIpc) is 2.64. The average molecular weight is 234 g/mol. The van der Waals surface area contributed by atoms with Gasteiger partial charge in [0.25, 0.3) is 0 Å². The summed E-state index contributed by atoms with van der Waals surface area (Å²) < 4.78 is 1.79. The molecule has 0 aliphatic carbocycles. The Balaban J connectivity index is 2.82. The number of hydrogen-bond donors (Lipinski definition) is 2. The first kappa shape index (κ1) is 11.7. The van der Waals surface area contributed by atoms with Gasteiger partial charge in [0, 0.05) is 11.6 Å². The molecule has 0 atom stereocenters. The van der Waals surface area contributed by atoms with Gasteiger partial charge in [-0.3, -0.25) is 9.55 Å². The lowest BCUT2D eigenvalue weighted by Crippen LogP contribution is -2.21. The first-order chi connectivity index (χ1) is 8.10. The zero-order chi connectivity index (χ0) is 12.6. The molecule has 0 saturated heterocycles. The summed E-state index contributed by atoms with van der Waals surface area (Å²) in [6.07, 6.45) is 3.42. The lowest BCUT2D eigenvalue weighted by Gasteiger charge is -2.15. The molecule has 2 aromatic heterocycles. The molecule has 0 amide bonds. The summed E-state index contributed by atoms with van der Waals surface area (Å²) in [7, 11) is 0. The molecule has 0 radical (unpaired) electrons. The predicted octanol–water partition coefficient (Wildman–Crippen LogP) is 1.98. The Morgan fingerprint density at radius 3 is 2.71 bits per heavy atom. The summed E-state index contributed by atoms with van der Waals surface area (Å²) in [5.74, 6) is 0. The smallest absolute Gasteiger partial charge is 0.327 e. The van der Waals surface area contributed by atoms with Crippen molar-refractivity contribution in [2.45, 2.75) is 39.7 Å². The monoisotopic (exact) mass is 234 g/mol. The molecule has 17 heavy (non-hydrogen) atoms. The van der Waals surface area contributed by atoms with Gasteiger partial charge in [-0.25, -0.2) is 9.78 Å². The number of nitrogen functional groups attached to an aromatic ring is 1. The van der Waals surface area contributed by atoms with Crippen LogP contribution in [0.1, 0.15) is 38.3 Å². The van der Waals surface area contributed by atoms with Crippen molar-refractivity contribution in [3.8, 4) is 0 Å². The maximum absolute atomic E-state index is 12.0. The second kappa shape index (κ2) is 4.24. The Morgan fingerprint density at radius 1 is 1.47 bits per heavy atom. The number of aromatic amines is 1. The van der Waals surface area contributed by atoms with Gasteiger partial charge < -0.3 is 5.73 Å². The highest BCUT2D eigenvalue weighted by atomic mass is 16.1. The predicted molar refractivity (Wildman–Crippen MR) is 69.1 cm³/mol. The number of nitrogens with two attached hydrogens (primary N) is 1. The standard InChI is InChI=1S/C12H18N4O/c1-4-8(5-2)16-10-7(3)9(13)6-14-11(10)15-12(16)17/h6,8H,4-5,13H2,1-3H3,(H,14,15,17). The fourth-order valence-corrected chi connectivity index (χ4v) is 2.26. The SMILES string of the molecule is CCC(CC)n1c(=O)[nH]c2ncc(N)c(C)c21. The normalized spacial score (nSPS) is 11.5. The molecule has 0 spiro atoms. The number of anilines is 1. The van der Waals surface area contributed by atoms with E-state index in [1.54, 1.807) is 10.8 Å². The van der Waals surface area contributed by atoms with E-state index in [1.807, 2.05) is 6.92 Å². The molecule has 92 valence electrons. The lowest BCUT2D eigenvalue weighted by molar-refractivity contribution is 0.471. The Bertz CT molecular complexity index is 592. The summed E-state index contributed by atoms with van der Waals surface area (Å²) in [4.78, 5) is 18.9. The third-order valence-electron chi connectivity index (χ3n) is 3.34. The number of hydrogen-bond acceptors (Lipinski definition) is 3. The Morgan fingerprint density at radius 2 is 2.12 bits per heavy atom. The highest BCUT2D eigenvalue weighted by Crippen LogP contribution is 2.24. The van der Waals surface area contributed by atoms with E-state index < -0.39 is 0 Å². The summed E-state index contributed by atoms with van der Waals surface area (Å²) in [6, 6.07) is 0.193. The van der Waals surface area contributed by atoms with Gasteiger partial charge in [0.1, 0.15) is 0 Å². The fraction of sp³-hybridized carbons (Fsp3) is 0.500. The molecule has 3 N–H and O–H groups in total. The van der Waals surface area contributed by atoms with Crippen molar-refractivity contribution in [3.05, 3.63) is 22.2 Å². The Labute approximate surface area is 99.7 Å². The first-order valence-electron chi connectivity index (χ1n) is 5.95. The molecule has 0 aliphatic heterocycles. The zero-order valence-corrected chi connectivity index (χ0v) is 10.4. The maximum Gasteiger partial charge on any atom is 0.327 e. The summed E-state index contributed by atoms with van der Waals surface area (Å²) >= 11 is 0. The quantitative estimate of drug-likeness (QED) is 0.852. The van der Waals surface area contributed by atoms with Crippen molar-refractivity contribution in [1.82, 2.24) is 14.5 Å². The molecule has 2 heterocycles. The highest BCUT2D eigenvalue weighted by molar-refractivity contribution is 5.79. The first-order valence-corrected chi connectivity index (χ1v) is 5.95. The van der Waals surface area contributed by atoms with Gasteiger partial charge in [-0.2, -0.15) is 0 Å². The van der Waals surface area contributed by atoms with Crippen LogP contribution in [-0.2, 0) is 0 Å². The zero-order valence-electron chi connectivity index (χ0n) is 10.4. The number of pyridine rings is 1. The number of imidazole rings is 1. The second-order valence-corrected chi connectivity index (χ2v) is 4.31. The second-order valence-electron chi connectivity index (χ2n) is 4.31. The molecule has 0 aromatic carbocycles. The molecule has 2 rings (SSSR count). The molecule has 0 unspecified atom stereocenters. The van der Waals surface area contributed by atoms with Gasteiger partial charge in [-0.05, 0) is 19.8 Å². The topological polar surface area (TPSA) is 76.7 Å². The van der Waals surface area contributed by atoms with Crippen LogP contribution >= 0.6 is 0 Å². The largest absolute Gasteiger partial charge is 0.397 e. The van der Waals surface area contributed by atoms with Crippen molar-refractivity contribution in [1.29, 1.82) is 0 Å². The highest BCUT2D eigenvalue weighted by Gasteiger charge is 2.17. The molecule has 0 fully saturated rings. The van der Waals surface area contributed by atoms with Crippen LogP contribution in [0.25, 0.3) is 11.2 Å². The molecule has 2 aromatic rings. The van der Waals surface area contributed by atoms with E-state index in [2.05, 4.69) is 23.8 Å². The van der Waals surface area contributed by atoms with Crippen LogP contribution in [0.15, 0.2) is 11.0 Å². The molecule has 0 bridgehead atoms. The number of nitrogens with zero attached hydrogens (tertiary/aromatic N) is 2. The van der Waals surface area contributed by atoms with Gasteiger partial charge in [0.05, 0.1) is 17.4 Å². The fourth-order valence-electron chi connectivity index (χ4n) is 2.26. The van der Waals surface area contributed by atoms with Crippen LogP contribution in [0.2, 0.25) is 0 Å². The third-order valence-corrected chi connectivity index (χ3v) is 3.34. The summed E-state index contributed by atoms with van der Waals surface area (Å²) in [6.45, 7) is 6.08. The molecule has 0 aliphatic rings. The molecule has 5 nitrogen and oxygen atoms in total. The lowest BCUT2D eigenvalue weighted by atomic mass is 10.1. The molecule has 5 heteroatoms. The van der Waals surface area contributed by atoms with Crippen LogP contribution < -0.4 is 11.4 Å². The van der Waals surface area contributed by atoms with Crippen molar-refractivity contribution < 1.29 is 0 Å². The minimum atomic E-state index is -0.102. The number of rotatable bonds is 3. The van der Waals surface area contributed by atoms with E-state index >= 15 is 0 Å². The van der Waals surface area contributed by atoms with Gasteiger partial charge in [0.15, 0.2) is 5.65 Å². The van der Waals surface area contributed by atoms with E-state index in [9.17, 15) is 4.79 Å². The van der Waals surface area contributed by atoms with E-state index in [1.165, 1.54) is 0 Å². The van der Waals surface area contributed by atoms with Crippen molar-refractivity contribution in [2.24, 2.45) is 0 Å². The van der Waals surface area contributed by atoms with Gasteiger partial charge >= 0.3 is 5.69 Å².